The molecular formula is C26H40O13S2. The molecule has 234 valence electrons. The van der Waals surface area contributed by atoms with Gasteiger partial charge in [0.2, 0.25) is 0 Å². The van der Waals surface area contributed by atoms with Gasteiger partial charge >= 0.3 is 0 Å². The van der Waals surface area contributed by atoms with Crippen molar-refractivity contribution >= 4 is 26.0 Å². The van der Waals surface area contributed by atoms with E-state index in [4.69, 9.17) is 14.4 Å². The smallest absolute Gasteiger partial charge is 0.297 e. The summed E-state index contributed by atoms with van der Waals surface area (Å²) < 4.78 is 69.7. The second-order valence-electron chi connectivity index (χ2n) is 8.45. The van der Waals surface area contributed by atoms with Crippen molar-refractivity contribution in [2.75, 3.05) is 61.0 Å². The molecule has 0 saturated carbocycles. The van der Waals surface area contributed by atoms with Gasteiger partial charge in [-0.05, 0) is 38.1 Å². The molecule has 0 bridgehead atoms. The standard InChI is InChI=1S/C11H16O5S.C11H14O5S.C4H10O3/c2*1-9-3-5-11(6-4-9)17(13,14)16-8-10(12)7-15-2;1-7-3-4(6)2-5/h3-6,10,12H,7-8H2,1-2H3;3-6H,7-8H2,1-2H3;4-6H,2-3H2,1H3. The molecule has 2 aromatic carbocycles. The summed E-state index contributed by atoms with van der Waals surface area (Å²) in [6, 6.07) is 12.5. The molecule has 2 atom stereocenters. The van der Waals surface area contributed by atoms with Crippen molar-refractivity contribution in [1.29, 1.82) is 0 Å². The highest BCUT2D eigenvalue weighted by Crippen LogP contribution is 2.14. The Hall–Kier alpha value is -2.31. The highest BCUT2D eigenvalue weighted by Gasteiger charge is 2.18. The third-order valence-electron chi connectivity index (χ3n) is 4.64. The van der Waals surface area contributed by atoms with Crippen LogP contribution in [0.25, 0.3) is 0 Å². The average Bonchev–Trinajstić information content (AvgIpc) is 2.93. The highest BCUT2D eigenvalue weighted by molar-refractivity contribution is 7.87. The minimum atomic E-state index is -3.87. The first-order chi connectivity index (χ1) is 19.2. The molecule has 0 spiro atoms. The molecule has 2 unspecified atom stereocenters. The lowest BCUT2D eigenvalue weighted by Gasteiger charge is -2.10. The van der Waals surface area contributed by atoms with Crippen molar-refractivity contribution in [3.05, 3.63) is 59.7 Å². The summed E-state index contributed by atoms with van der Waals surface area (Å²) in [5.41, 5.74) is 1.91. The molecule has 2 rings (SSSR count). The molecule has 13 nitrogen and oxygen atoms in total. The van der Waals surface area contributed by atoms with E-state index in [9.17, 15) is 26.7 Å². The van der Waals surface area contributed by atoms with Gasteiger partial charge in [-0.1, -0.05) is 35.4 Å². The maximum absolute atomic E-state index is 11.7. The topological polar surface area (TPSA) is 192 Å². The lowest BCUT2D eigenvalue weighted by atomic mass is 10.2. The predicted octanol–water partition coefficient (Wildman–Crippen LogP) is 0.609. The van der Waals surface area contributed by atoms with Gasteiger partial charge < -0.3 is 29.5 Å². The van der Waals surface area contributed by atoms with Crippen LogP contribution in [0.1, 0.15) is 11.1 Å². The van der Waals surface area contributed by atoms with E-state index in [1.807, 2.05) is 13.8 Å². The summed E-state index contributed by atoms with van der Waals surface area (Å²) in [6.45, 7) is 2.73. The van der Waals surface area contributed by atoms with Crippen molar-refractivity contribution in [2.24, 2.45) is 0 Å². The third-order valence-corrected chi connectivity index (χ3v) is 7.22. The molecule has 0 amide bonds. The van der Waals surface area contributed by atoms with Gasteiger partial charge in [-0.25, -0.2) is 0 Å². The number of carbonyl (C=O) groups excluding carboxylic acids is 1. The zero-order valence-electron chi connectivity index (χ0n) is 23.8. The number of hydrogen-bond acceptors (Lipinski definition) is 13. The number of carbonyl (C=O) groups is 1. The maximum atomic E-state index is 11.7. The first-order valence-electron chi connectivity index (χ1n) is 12.1. The largest absolute Gasteiger partial charge is 0.394 e. The number of benzene rings is 2. The quantitative estimate of drug-likeness (QED) is 0.234. The van der Waals surface area contributed by atoms with Crippen LogP contribution in [0.5, 0.6) is 0 Å². The number of aliphatic hydroxyl groups is 3. The van der Waals surface area contributed by atoms with Crippen LogP contribution in [-0.2, 0) is 47.6 Å². The Morgan fingerprint density at radius 3 is 1.44 bits per heavy atom. The lowest BCUT2D eigenvalue weighted by Crippen LogP contribution is -2.23. The molecule has 3 N–H and O–H groups in total. The van der Waals surface area contributed by atoms with Crippen LogP contribution >= 0.6 is 0 Å². The molecule has 15 heteroatoms. The van der Waals surface area contributed by atoms with Crippen molar-refractivity contribution < 1.29 is 59.5 Å². The van der Waals surface area contributed by atoms with Crippen molar-refractivity contribution in [1.82, 2.24) is 0 Å². The van der Waals surface area contributed by atoms with Gasteiger partial charge in [0.25, 0.3) is 20.2 Å². The van der Waals surface area contributed by atoms with Crippen LogP contribution in [0.3, 0.4) is 0 Å². The summed E-state index contributed by atoms with van der Waals surface area (Å²) in [6.07, 6.45) is -1.68. The Morgan fingerprint density at radius 2 is 1.07 bits per heavy atom. The summed E-state index contributed by atoms with van der Waals surface area (Å²) >= 11 is 0. The van der Waals surface area contributed by atoms with Crippen LogP contribution in [0.4, 0.5) is 0 Å². The number of aliphatic hydroxyl groups excluding tert-OH is 3. The molecule has 0 aromatic heterocycles. The van der Waals surface area contributed by atoms with E-state index in [2.05, 4.69) is 18.4 Å². The zero-order valence-corrected chi connectivity index (χ0v) is 25.4. The molecule has 41 heavy (non-hydrogen) atoms. The number of ketones is 1. The maximum Gasteiger partial charge on any atom is 0.297 e. The van der Waals surface area contributed by atoms with Crippen LogP contribution in [0.2, 0.25) is 0 Å². The molecule has 0 aliphatic heterocycles. The second-order valence-corrected chi connectivity index (χ2v) is 11.7. The fraction of sp³-hybridized carbons (Fsp3) is 0.500. The van der Waals surface area contributed by atoms with E-state index in [0.29, 0.717) is 0 Å². The molecule has 0 radical (unpaired) electrons. The van der Waals surface area contributed by atoms with Crippen molar-refractivity contribution in [3.8, 4) is 0 Å². The highest BCUT2D eigenvalue weighted by atomic mass is 32.2. The van der Waals surface area contributed by atoms with Gasteiger partial charge in [-0.2, -0.15) is 16.8 Å². The van der Waals surface area contributed by atoms with Gasteiger partial charge in [0, 0.05) is 21.3 Å². The summed E-state index contributed by atoms with van der Waals surface area (Å²) in [7, 11) is -3.43. The van der Waals surface area contributed by atoms with E-state index >= 15 is 0 Å². The summed E-state index contributed by atoms with van der Waals surface area (Å²) in [4.78, 5) is 11.2. The fourth-order valence-corrected chi connectivity index (χ4v) is 4.38. The molecule has 0 fully saturated rings. The average molecular weight is 625 g/mol. The molecule has 2 aromatic rings. The number of rotatable bonds is 15. The van der Waals surface area contributed by atoms with Gasteiger partial charge in [-0.15, -0.1) is 0 Å². The number of hydrogen-bond donors (Lipinski definition) is 3. The summed E-state index contributed by atoms with van der Waals surface area (Å²) in [5, 5.41) is 25.9. The minimum Gasteiger partial charge on any atom is -0.394 e. The van der Waals surface area contributed by atoms with Gasteiger partial charge in [0.05, 0.1) is 36.2 Å². The first-order valence-corrected chi connectivity index (χ1v) is 14.9. The van der Waals surface area contributed by atoms with Crippen LogP contribution in [-0.4, -0.2) is 111 Å². The molecular weight excluding hydrogens is 584 g/mol. The number of Topliss-reactive ketones (excluding diaryl/α,β-unsaturated/α-hetero) is 1. The van der Waals surface area contributed by atoms with Crippen molar-refractivity contribution in [3.63, 3.8) is 0 Å². The Kier molecular flexibility index (Phi) is 19.4. The SMILES string of the molecule is COCC(=O)COS(=O)(=O)c1ccc(C)cc1.COCC(O)CO.COCC(O)COS(=O)(=O)c1ccc(C)cc1. The van der Waals surface area contributed by atoms with Gasteiger partial charge in [0.15, 0.2) is 5.78 Å². The third kappa shape index (κ3) is 17.3. The minimum absolute atomic E-state index is 0.0312. The zero-order chi connectivity index (χ0) is 31.5. The van der Waals surface area contributed by atoms with Gasteiger partial charge in [-0.3, -0.25) is 13.2 Å². The summed E-state index contributed by atoms with van der Waals surface area (Å²) in [5.74, 6) is -0.428. The first kappa shape index (κ1) is 38.7. The van der Waals surface area contributed by atoms with Crippen LogP contribution in [0.15, 0.2) is 58.3 Å². The Labute approximate surface area is 241 Å². The van der Waals surface area contributed by atoms with Gasteiger partial charge in [0.1, 0.15) is 25.4 Å². The molecule has 0 saturated heterocycles. The van der Waals surface area contributed by atoms with Crippen molar-refractivity contribution in [2.45, 2.75) is 35.8 Å². The Morgan fingerprint density at radius 1 is 0.659 bits per heavy atom. The Balaban J connectivity index is 0.000000637. The van der Waals surface area contributed by atoms with E-state index in [1.165, 1.54) is 45.6 Å². The monoisotopic (exact) mass is 624 g/mol. The molecule has 0 aliphatic carbocycles. The Bertz CT molecular complexity index is 1200. The predicted molar refractivity (Wildman–Crippen MR) is 148 cm³/mol. The van der Waals surface area contributed by atoms with E-state index in [1.54, 1.807) is 24.3 Å². The molecule has 0 aliphatic rings. The number of aryl methyl sites for hydroxylation is 2. The fourth-order valence-electron chi connectivity index (χ4n) is 2.55. The number of ether oxygens (including phenoxy) is 3. The van der Waals surface area contributed by atoms with E-state index in [0.717, 1.165) is 11.1 Å². The van der Waals surface area contributed by atoms with E-state index in [-0.39, 0.29) is 42.8 Å². The van der Waals surface area contributed by atoms with Crippen LogP contribution < -0.4 is 0 Å². The normalized spacial score (nSPS) is 12.8. The second kappa shape index (κ2) is 20.5. The lowest BCUT2D eigenvalue weighted by molar-refractivity contribution is -0.124. The number of methoxy groups -OCH3 is 3. The van der Waals surface area contributed by atoms with Crippen LogP contribution in [0, 0.1) is 13.8 Å². The van der Waals surface area contributed by atoms with E-state index < -0.39 is 44.8 Å². The molecule has 0 heterocycles.